The van der Waals surface area contributed by atoms with Gasteiger partial charge in [0.15, 0.2) is 0 Å². The molecule has 2 amide bonds. The fourth-order valence-corrected chi connectivity index (χ4v) is 5.62. The normalized spacial score (nSPS) is 22.3. The van der Waals surface area contributed by atoms with Crippen LogP contribution in [0.2, 0.25) is 0 Å². The van der Waals surface area contributed by atoms with Crippen molar-refractivity contribution in [2.24, 2.45) is 23.5 Å². The number of aryl methyl sites for hydroxylation is 1. The van der Waals surface area contributed by atoms with Gasteiger partial charge < -0.3 is 11.1 Å². The maximum atomic E-state index is 13.8. The van der Waals surface area contributed by atoms with Crippen molar-refractivity contribution >= 4 is 17.3 Å². The van der Waals surface area contributed by atoms with E-state index in [1.807, 2.05) is 30.3 Å². The number of pyridine rings is 2. The van der Waals surface area contributed by atoms with Crippen LogP contribution in [-0.4, -0.2) is 32.2 Å². The third kappa shape index (κ3) is 3.57. The predicted molar refractivity (Wildman–Crippen MR) is 133 cm³/mol. The highest BCUT2D eigenvalue weighted by molar-refractivity contribution is 5.93. The summed E-state index contributed by atoms with van der Waals surface area (Å²) in [5.74, 6) is -0.967. The minimum Gasteiger partial charge on any atom is -0.369 e. The average Bonchev–Trinajstić information content (AvgIpc) is 3.60. The van der Waals surface area contributed by atoms with Gasteiger partial charge in [-0.05, 0) is 72.7 Å². The molecule has 0 aliphatic heterocycles. The Morgan fingerprint density at radius 1 is 1.08 bits per heavy atom. The number of allylic oxidation sites excluding steroid dienone is 1. The van der Waals surface area contributed by atoms with Crippen molar-refractivity contribution in [3.63, 3.8) is 0 Å². The van der Waals surface area contributed by atoms with Gasteiger partial charge in [0, 0.05) is 29.6 Å². The largest absolute Gasteiger partial charge is 0.369 e. The fourth-order valence-electron chi connectivity index (χ4n) is 5.62. The molecule has 6 rings (SSSR count). The molecule has 0 spiro atoms. The molecule has 180 valence electrons. The number of aromatic nitrogens is 3. The van der Waals surface area contributed by atoms with Crippen LogP contribution in [0.15, 0.2) is 73.2 Å². The topological polar surface area (TPSA) is 102 Å². The lowest BCUT2D eigenvalue weighted by Gasteiger charge is -2.26. The van der Waals surface area contributed by atoms with Crippen molar-refractivity contribution < 1.29 is 14.0 Å². The Morgan fingerprint density at radius 2 is 1.92 bits per heavy atom. The molecule has 3 aromatic heterocycles. The number of nitrogens with one attached hydrogen (secondary N) is 1. The van der Waals surface area contributed by atoms with E-state index in [0.29, 0.717) is 5.56 Å². The molecule has 4 aromatic rings. The number of fused-ring (bicyclic) bond motifs is 3. The Bertz CT molecular complexity index is 1560. The Hall–Kier alpha value is -4.33. The van der Waals surface area contributed by atoms with Gasteiger partial charge in [-0.3, -0.25) is 19.0 Å². The molecule has 36 heavy (non-hydrogen) atoms. The highest BCUT2D eigenvalue weighted by Crippen LogP contribution is 2.43. The summed E-state index contributed by atoms with van der Waals surface area (Å²) in [4.78, 5) is 34.1. The van der Waals surface area contributed by atoms with Gasteiger partial charge in [-0.2, -0.15) is 0 Å². The predicted octanol–water partition coefficient (Wildman–Crippen LogP) is 3.92. The summed E-state index contributed by atoms with van der Waals surface area (Å²) in [6.07, 6.45) is 10.1. The van der Waals surface area contributed by atoms with Gasteiger partial charge in [0.25, 0.3) is 5.91 Å². The molecule has 2 aliphatic carbocycles. The first-order chi connectivity index (χ1) is 17.4. The molecule has 8 heteroatoms. The van der Waals surface area contributed by atoms with Crippen molar-refractivity contribution in [3.8, 4) is 22.4 Å². The van der Waals surface area contributed by atoms with Gasteiger partial charge in [0.2, 0.25) is 11.7 Å². The molecule has 2 aliphatic rings. The van der Waals surface area contributed by atoms with E-state index in [0.717, 1.165) is 34.3 Å². The average molecular weight is 482 g/mol. The van der Waals surface area contributed by atoms with Gasteiger partial charge >= 0.3 is 0 Å². The molecular formula is C28H24FN5O2. The standard InChI is InChI=1S/C28H24FN5O2/c1-15-11-18(6-7-22(15)29)24-21(3-2-9-31-24)16-8-10-34-20(13-16)14-32-27(34)28(36)33-25-19-5-4-17(12-19)23(25)26(30)35/h2-11,13-14,17,19,23,25H,12H2,1H3,(H2,30,35)(H,33,36)/t17-,19-,23-,25+/m0/s1. The Labute approximate surface area is 206 Å². The number of rotatable bonds is 5. The molecule has 0 saturated heterocycles. The summed E-state index contributed by atoms with van der Waals surface area (Å²) in [5.41, 5.74) is 10.3. The Kier molecular flexibility index (Phi) is 5.17. The third-order valence-electron chi connectivity index (χ3n) is 7.37. The van der Waals surface area contributed by atoms with E-state index in [-0.39, 0.29) is 35.4 Å². The SMILES string of the molecule is Cc1cc(-c2ncccc2-c2ccn3c(C(=O)N[C@H]4[C@@H](C(N)=O)[C@H]5C=C[C@H]4C5)ncc3c2)ccc1F. The molecule has 2 bridgehead atoms. The number of imidazole rings is 1. The Morgan fingerprint density at radius 3 is 2.72 bits per heavy atom. The van der Waals surface area contributed by atoms with Crippen LogP contribution in [0.3, 0.4) is 0 Å². The van der Waals surface area contributed by atoms with Crippen LogP contribution in [0, 0.1) is 30.5 Å². The maximum absolute atomic E-state index is 13.8. The van der Waals surface area contributed by atoms with E-state index in [2.05, 4.69) is 21.4 Å². The summed E-state index contributed by atoms with van der Waals surface area (Å²) < 4.78 is 15.5. The van der Waals surface area contributed by atoms with Crippen molar-refractivity contribution in [1.82, 2.24) is 19.7 Å². The summed E-state index contributed by atoms with van der Waals surface area (Å²) in [5, 5.41) is 3.01. The number of amides is 2. The number of hydrogen-bond donors (Lipinski definition) is 2. The zero-order chi connectivity index (χ0) is 25.0. The first-order valence-corrected chi connectivity index (χ1v) is 11.9. The van der Waals surface area contributed by atoms with Gasteiger partial charge in [0.05, 0.1) is 23.3 Å². The summed E-state index contributed by atoms with van der Waals surface area (Å²) in [7, 11) is 0. The highest BCUT2D eigenvalue weighted by atomic mass is 19.1. The molecule has 1 fully saturated rings. The van der Waals surface area contributed by atoms with E-state index in [9.17, 15) is 14.0 Å². The molecule has 4 atom stereocenters. The van der Waals surface area contributed by atoms with Crippen LogP contribution in [0.1, 0.15) is 22.6 Å². The number of carbonyl (C=O) groups is 2. The van der Waals surface area contributed by atoms with Crippen LogP contribution in [0.4, 0.5) is 4.39 Å². The maximum Gasteiger partial charge on any atom is 0.287 e. The second-order valence-electron chi connectivity index (χ2n) is 9.53. The van der Waals surface area contributed by atoms with Crippen LogP contribution < -0.4 is 11.1 Å². The molecule has 7 nitrogen and oxygen atoms in total. The number of halogens is 1. The second kappa shape index (κ2) is 8.41. The molecule has 1 aromatic carbocycles. The lowest BCUT2D eigenvalue weighted by Crippen LogP contribution is -2.48. The number of carbonyl (C=O) groups excluding carboxylic acids is 2. The molecule has 3 N–H and O–H groups in total. The van der Waals surface area contributed by atoms with Gasteiger partial charge in [-0.25, -0.2) is 9.37 Å². The lowest BCUT2D eigenvalue weighted by molar-refractivity contribution is -0.123. The van der Waals surface area contributed by atoms with E-state index in [1.54, 1.807) is 42.0 Å². The summed E-state index contributed by atoms with van der Waals surface area (Å²) in [6, 6.07) is 12.3. The zero-order valence-corrected chi connectivity index (χ0v) is 19.6. The molecule has 0 unspecified atom stereocenters. The minimum atomic E-state index is -0.402. The van der Waals surface area contributed by atoms with E-state index in [1.165, 1.54) is 6.07 Å². The lowest BCUT2D eigenvalue weighted by atomic mass is 9.88. The van der Waals surface area contributed by atoms with Crippen LogP contribution in [-0.2, 0) is 4.79 Å². The molecule has 1 saturated carbocycles. The number of primary amides is 1. The first-order valence-electron chi connectivity index (χ1n) is 11.9. The van der Waals surface area contributed by atoms with Crippen LogP contribution in [0.25, 0.3) is 27.9 Å². The second-order valence-corrected chi connectivity index (χ2v) is 9.53. The quantitative estimate of drug-likeness (QED) is 0.422. The zero-order valence-electron chi connectivity index (χ0n) is 19.6. The molecule has 0 radical (unpaired) electrons. The van der Waals surface area contributed by atoms with Crippen molar-refractivity contribution in [2.75, 3.05) is 0 Å². The van der Waals surface area contributed by atoms with Crippen molar-refractivity contribution in [1.29, 1.82) is 0 Å². The number of hydrogen-bond acceptors (Lipinski definition) is 4. The van der Waals surface area contributed by atoms with Crippen LogP contribution >= 0.6 is 0 Å². The smallest absolute Gasteiger partial charge is 0.287 e. The summed E-state index contributed by atoms with van der Waals surface area (Å²) in [6.45, 7) is 1.73. The number of benzene rings is 1. The number of nitrogens with zero attached hydrogens (tertiary/aromatic N) is 3. The first kappa shape index (κ1) is 22.2. The summed E-state index contributed by atoms with van der Waals surface area (Å²) >= 11 is 0. The minimum absolute atomic E-state index is 0.0796. The van der Waals surface area contributed by atoms with E-state index in [4.69, 9.17) is 5.73 Å². The Balaban J connectivity index is 1.31. The monoisotopic (exact) mass is 481 g/mol. The van der Waals surface area contributed by atoms with E-state index >= 15 is 0 Å². The van der Waals surface area contributed by atoms with Gasteiger partial charge in [0.1, 0.15) is 5.82 Å². The van der Waals surface area contributed by atoms with Crippen LogP contribution in [0.5, 0.6) is 0 Å². The van der Waals surface area contributed by atoms with E-state index < -0.39 is 11.8 Å². The fraction of sp³-hybridized carbons (Fsp3) is 0.214. The molecular weight excluding hydrogens is 457 g/mol. The molecule has 3 heterocycles. The van der Waals surface area contributed by atoms with Gasteiger partial charge in [-0.15, -0.1) is 0 Å². The number of nitrogens with two attached hydrogens (primary N) is 1. The third-order valence-corrected chi connectivity index (χ3v) is 7.37. The van der Waals surface area contributed by atoms with Crippen molar-refractivity contribution in [3.05, 3.63) is 90.4 Å². The van der Waals surface area contributed by atoms with Crippen molar-refractivity contribution in [2.45, 2.75) is 19.4 Å². The highest BCUT2D eigenvalue weighted by Gasteiger charge is 2.48. The van der Waals surface area contributed by atoms with Gasteiger partial charge in [-0.1, -0.05) is 18.2 Å².